The summed E-state index contributed by atoms with van der Waals surface area (Å²) in [6, 6.07) is 3.75. The summed E-state index contributed by atoms with van der Waals surface area (Å²) < 4.78 is 40.8. The lowest BCUT2D eigenvalue weighted by Gasteiger charge is -2.29. The van der Waals surface area contributed by atoms with Crippen molar-refractivity contribution >= 4 is 15.7 Å². The molecule has 0 heterocycles. The molecule has 1 aliphatic rings. The van der Waals surface area contributed by atoms with E-state index in [0.717, 1.165) is 31.7 Å². The van der Waals surface area contributed by atoms with Gasteiger partial charge in [0.2, 0.25) is 10.0 Å². The number of hydrogen-bond donors (Lipinski definition) is 2. The van der Waals surface area contributed by atoms with Crippen molar-refractivity contribution in [2.24, 2.45) is 5.92 Å². The fourth-order valence-electron chi connectivity index (χ4n) is 2.56. The summed E-state index contributed by atoms with van der Waals surface area (Å²) in [5.74, 6) is -0.549. The number of nitrogens with two attached hydrogens (primary N) is 1. The molecule has 1 fully saturated rings. The van der Waals surface area contributed by atoms with E-state index in [0.29, 0.717) is 0 Å². The van der Waals surface area contributed by atoms with E-state index in [1.54, 1.807) is 0 Å². The standard InChI is InChI=1S/C13H19FN2O2S/c1-9-5-2-3-8-12(9)16-19(17,18)13-10(14)6-4-7-11(13)15/h4,6-7,9,12,16H,2-3,5,8,15H2,1H3. The highest BCUT2D eigenvalue weighted by Gasteiger charge is 2.29. The molecule has 6 heteroatoms. The molecule has 0 radical (unpaired) electrons. The van der Waals surface area contributed by atoms with Gasteiger partial charge in [-0.05, 0) is 30.9 Å². The molecule has 2 rings (SSSR count). The van der Waals surface area contributed by atoms with Crippen LogP contribution in [0.1, 0.15) is 32.6 Å². The third kappa shape index (κ3) is 3.06. The Bertz CT molecular complexity index is 540. The normalized spacial score (nSPS) is 24.3. The lowest BCUT2D eigenvalue weighted by Crippen LogP contribution is -2.41. The fourth-order valence-corrected chi connectivity index (χ4v) is 4.13. The highest BCUT2D eigenvalue weighted by Crippen LogP contribution is 2.27. The highest BCUT2D eigenvalue weighted by molar-refractivity contribution is 7.89. The van der Waals surface area contributed by atoms with E-state index in [-0.39, 0.29) is 17.6 Å². The molecule has 0 saturated heterocycles. The summed E-state index contributed by atoms with van der Waals surface area (Å²) >= 11 is 0. The van der Waals surface area contributed by atoms with Crippen LogP contribution in [0.25, 0.3) is 0 Å². The van der Waals surface area contributed by atoms with Gasteiger partial charge in [-0.1, -0.05) is 25.8 Å². The van der Waals surface area contributed by atoms with Gasteiger partial charge in [0.25, 0.3) is 0 Å². The fraction of sp³-hybridized carbons (Fsp3) is 0.538. The van der Waals surface area contributed by atoms with Gasteiger partial charge in [0.15, 0.2) is 0 Å². The van der Waals surface area contributed by atoms with Crippen molar-refractivity contribution in [2.75, 3.05) is 5.73 Å². The van der Waals surface area contributed by atoms with E-state index in [4.69, 9.17) is 5.73 Å². The van der Waals surface area contributed by atoms with Crippen LogP contribution in [0.4, 0.5) is 10.1 Å². The molecule has 2 atom stereocenters. The monoisotopic (exact) mass is 286 g/mol. The first-order valence-electron chi connectivity index (χ1n) is 6.48. The second kappa shape index (κ2) is 5.46. The predicted octanol–water partition coefficient (Wildman–Crippen LogP) is 2.26. The van der Waals surface area contributed by atoms with Crippen molar-refractivity contribution in [3.63, 3.8) is 0 Å². The molecule has 0 bridgehead atoms. The Morgan fingerprint density at radius 3 is 2.63 bits per heavy atom. The summed E-state index contributed by atoms with van der Waals surface area (Å²) in [6.07, 6.45) is 3.88. The van der Waals surface area contributed by atoms with Gasteiger partial charge in [-0.25, -0.2) is 17.5 Å². The van der Waals surface area contributed by atoms with Crippen LogP contribution < -0.4 is 10.5 Å². The van der Waals surface area contributed by atoms with Crippen LogP contribution in [0.2, 0.25) is 0 Å². The van der Waals surface area contributed by atoms with E-state index in [9.17, 15) is 12.8 Å². The molecule has 0 spiro atoms. The number of hydrogen-bond acceptors (Lipinski definition) is 3. The summed E-state index contributed by atoms with van der Waals surface area (Å²) in [5.41, 5.74) is 5.53. The zero-order valence-electron chi connectivity index (χ0n) is 10.9. The van der Waals surface area contributed by atoms with E-state index >= 15 is 0 Å². The van der Waals surface area contributed by atoms with Crippen molar-refractivity contribution in [1.82, 2.24) is 4.72 Å². The molecule has 1 aromatic rings. The lowest BCUT2D eigenvalue weighted by atomic mass is 9.87. The average molecular weight is 286 g/mol. The molecular weight excluding hydrogens is 267 g/mol. The Morgan fingerprint density at radius 1 is 1.32 bits per heavy atom. The minimum Gasteiger partial charge on any atom is -0.398 e. The topological polar surface area (TPSA) is 72.2 Å². The van der Waals surface area contributed by atoms with E-state index in [2.05, 4.69) is 4.72 Å². The SMILES string of the molecule is CC1CCCCC1NS(=O)(=O)c1c(N)cccc1F. The number of sulfonamides is 1. The Kier molecular flexibility index (Phi) is 4.10. The van der Waals surface area contributed by atoms with Crippen LogP contribution in [-0.2, 0) is 10.0 Å². The molecule has 3 N–H and O–H groups in total. The van der Waals surface area contributed by atoms with Crippen LogP contribution in [0.15, 0.2) is 23.1 Å². The molecule has 19 heavy (non-hydrogen) atoms. The van der Waals surface area contributed by atoms with Crippen LogP contribution >= 0.6 is 0 Å². The maximum atomic E-state index is 13.7. The van der Waals surface area contributed by atoms with Gasteiger partial charge in [0.05, 0.1) is 5.69 Å². The summed E-state index contributed by atoms with van der Waals surface area (Å²) in [7, 11) is -3.90. The molecule has 2 unspecified atom stereocenters. The number of benzene rings is 1. The number of halogens is 1. The molecule has 1 saturated carbocycles. The predicted molar refractivity (Wildman–Crippen MR) is 72.6 cm³/mol. The Morgan fingerprint density at radius 2 is 2.00 bits per heavy atom. The van der Waals surface area contributed by atoms with Gasteiger partial charge in [0, 0.05) is 6.04 Å². The van der Waals surface area contributed by atoms with Crippen LogP contribution in [0, 0.1) is 11.7 Å². The number of anilines is 1. The highest BCUT2D eigenvalue weighted by atomic mass is 32.2. The Labute approximate surface area is 113 Å². The maximum Gasteiger partial charge on any atom is 0.245 e. The number of nitrogen functional groups attached to an aromatic ring is 1. The molecular formula is C13H19FN2O2S. The molecule has 1 aromatic carbocycles. The molecule has 106 valence electrons. The number of nitrogens with one attached hydrogen (secondary N) is 1. The molecule has 4 nitrogen and oxygen atoms in total. The van der Waals surface area contributed by atoms with Crippen LogP contribution in [-0.4, -0.2) is 14.5 Å². The van der Waals surface area contributed by atoms with Crippen molar-refractivity contribution in [1.29, 1.82) is 0 Å². The third-order valence-corrected chi connectivity index (χ3v) is 5.27. The van der Waals surface area contributed by atoms with Gasteiger partial charge < -0.3 is 5.73 Å². The first-order chi connectivity index (χ1) is 8.92. The van der Waals surface area contributed by atoms with Gasteiger partial charge in [-0.15, -0.1) is 0 Å². The quantitative estimate of drug-likeness (QED) is 0.837. The smallest absolute Gasteiger partial charge is 0.245 e. The van der Waals surface area contributed by atoms with Gasteiger partial charge >= 0.3 is 0 Å². The second-order valence-electron chi connectivity index (χ2n) is 5.15. The minimum absolute atomic E-state index is 0.0593. The zero-order chi connectivity index (χ0) is 14.0. The summed E-state index contributed by atoms with van der Waals surface area (Å²) in [4.78, 5) is -0.437. The van der Waals surface area contributed by atoms with Crippen molar-refractivity contribution in [3.05, 3.63) is 24.0 Å². The van der Waals surface area contributed by atoms with Gasteiger partial charge in [-0.3, -0.25) is 0 Å². The van der Waals surface area contributed by atoms with Crippen molar-refractivity contribution in [3.8, 4) is 0 Å². The molecule has 0 aromatic heterocycles. The van der Waals surface area contributed by atoms with Gasteiger partial charge in [-0.2, -0.15) is 0 Å². The van der Waals surface area contributed by atoms with Crippen molar-refractivity contribution in [2.45, 2.75) is 43.5 Å². The van der Waals surface area contributed by atoms with E-state index in [1.165, 1.54) is 12.1 Å². The van der Waals surface area contributed by atoms with E-state index < -0.39 is 20.7 Å². The largest absolute Gasteiger partial charge is 0.398 e. The second-order valence-corrected chi connectivity index (χ2v) is 6.80. The van der Waals surface area contributed by atoms with E-state index in [1.807, 2.05) is 6.92 Å². The first-order valence-corrected chi connectivity index (χ1v) is 7.96. The molecule has 1 aliphatic carbocycles. The molecule has 0 amide bonds. The first kappa shape index (κ1) is 14.3. The van der Waals surface area contributed by atoms with Gasteiger partial charge in [0.1, 0.15) is 10.7 Å². The van der Waals surface area contributed by atoms with Crippen molar-refractivity contribution < 1.29 is 12.8 Å². The summed E-state index contributed by atoms with van der Waals surface area (Å²) in [5, 5.41) is 0. The third-order valence-electron chi connectivity index (χ3n) is 3.68. The number of rotatable bonds is 3. The lowest BCUT2D eigenvalue weighted by molar-refractivity contribution is 0.310. The zero-order valence-corrected chi connectivity index (χ0v) is 11.7. The van der Waals surface area contributed by atoms with Crippen LogP contribution in [0.3, 0.4) is 0 Å². The Hall–Kier alpha value is -1.14. The maximum absolute atomic E-state index is 13.7. The molecule has 0 aliphatic heterocycles. The summed E-state index contributed by atoms with van der Waals surface area (Å²) in [6.45, 7) is 2.01. The minimum atomic E-state index is -3.90. The van der Waals surface area contributed by atoms with Crippen LogP contribution in [0.5, 0.6) is 0 Å². The average Bonchev–Trinajstić information content (AvgIpc) is 2.31. The Balaban J connectivity index is 2.27.